The van der Waals surface area contributed by atoms with E-state index in [1.54, 1.807) is 6.92 Å². The molecule has 0 spiro atoms. The summed E-state index contributed by atoms with van der Waals surface area (Å²) < 4.78 is 49.1. The van der Waals surface area contributed by atoms with Gasteiger partial charge in [-0.2, -0.15) is 18.2 Å². The third kappa shape index (κ3) is 6.66. The summed E-state index contributed by atoms with van der Waals surface area (Å²) in [5.74, 6) is 0.0670. The lowest BCUT2D eigenvalue weighted by Crippen LogP contribution is -2.22. The van der Waals surface area contributed by atoms with Crippen molar-refractivity contribution in [1.82, 2.24) is 4.98 Å². The van der Waals surface area contributed by atoms with Crippen LogP contribution in [0.2, 0.25) is 0 Å². The molecular formula is C14H21F3N2O2. The molecule has 1 rings (SSSR count). The largest absolute Gasteiger partial charge is 0.475 e. The number of pyridine rings is 1. The average molecular weight is 306 g/mol. The Bertz CT molecular complexity index is 457. The van der Waals surface area contributed by atoms with Crippen molar-refractivity contribution in [2.24, 2.45) is 0 Å². The van der Waals surface area contributed by atoms with Gasteiger partial charge in [0, 0.05) is 12.6 Å². The molecule has 0 aliphatic carbocycles. The Morgan fingerprint density at radius 1 is 1.14 bits per heavy atom. The lowest BCUT2D eigenvalue weighted by molar-refractivity contribution is -0.137. The highest BCUT2D eigenvalue weighted by molar-refractivity contribution is 5.42. The molecule has 0 aliphatic heterocycles. The van der Waals surface area contributed by atoms with Crippen LogP contribution >= 0.6 is 0 Å². The van der Waals surface area contributed by atoms with Crippen molar-refractivity contribution in [1.29, 1.82) is 0 Å². The number of hydrogen-bond acceptors (Lipinski definition) is 4. The molecule has 120 valence electrons. The van der Waals surface area contributed by atoms with Gasteiger partial charge in [0.1, 0.15) is 12.4 Å². The minimum Gasteiger partial charge on any atom is -0.475 e. The molecular weight excluding hydrogens is 285 g/mol. The number of nitrogens with one attached hydrogen (secondary N) is 1. The van der Waals surface area contributed by atoms with Crippen molar-refractivity contribution in [3.63, 3.8) is 0 Å². The highest BCUT2D eigenvalue weighted by Crippen LogP contribution is 2.32. The van der Waals surface area contributed by atoms with Gasteiger partial charge in [0.25, 0.3) is 0 Å². The maximum absolute atomic E-state index is 12.8. The number of ether oxygens (including phenoxy) is 2. The van der Waals surface area contributed by atoms with Crippen LogP contribution in [0, 0.1) is 0 Å². The van der Waals surface area contributed by atoms with Crippen LogP contribution in [0.5, 0.6) is 5.88 Å². The van der Waals surface area contributed by atoms with E-state index in [1.165, 1.54) is 0 Å². The predicted octanol–water partition coefficient (Wildman–Crippen LogP) is 3.73. The van der Waals surface area contributed by atoms with Crippen molar-refractivity contribution >= 4 is 5.82 Å². The summed E-state index contributed by atoms with van der Waals surface area (Å²) in [4.78, 5) is 3.98. The topological polar surface area (TPSA) is 43.4 Å². The SMILES string of the molecule is CCNc1cc(C(F)(F)F)cc(OCCOC(C)(C)C)n1. The van der Waals surface area contributed by atoms with E-state index >= 15 is 0 Å². The predicted molar refractivity (Wildman–Crippen MR) is 74.6 cm³/mol. The summed E-state index contributed by atoms with van der Waals surface area (Å²) in [6.45, 7) is 8.33. The molecule has 21 heavy (non-hydrogen) atoms. The molecule has 0 amide bonds. The number of alkyl halides is 3. The second kappa shape index (κ2) is 6.98. The molecule has 0 bridgehead atoms. The first-order valence-electron chi connectivity index (χ1n) is 6.72. The molecule has 0 saturated carbocycles. The van der Waals surface area contributed by atoms with E-state index in [2.05, 4.69) is 10.3 Å². The molecule has 1 heterocycles. The summed E-state index contributed by atoms with van der Waals surface area (Å²) in [5, 5.41) is 2.75. The Morgan fingerprint density at radius 2 is 1.81 bits per heavy atom. The third-order valence-corrected chi connectivity index (χ3v) is 2.36. The summed E-state index contributed by atoms with van der Waals surface area (Å²) >= 11 is 0. The number of nitrogens with zero attached hydrogens (tertiary/aromatic N) is 1. The number of hydrogen-bond donors (Lipinski definition) is 1. The second-order valence-electron chi connectivity index (χ2n) is 5.42. The van der Waals surface area contributed by atoms with Crippen LogP contribution in [0.15, 0.2) is 12.1 Å². The van der Waals surface area contributed by atoms with Crippen LogP contribution in [0.1, 0.15) is 33.3 Å². The van der Waals surface area contributed by atoms with Crippen LogP contribution in [0.4, 0.5) is 19.0 Å². The summed E-state index contributed by atoms with van der Waals surface area (Å²) in [5.41, 5.74) is -1.11. The van der Waals surface area contributed by atoms with Crippen LogP contribution in [0.25, 0.3) is 0 Å². The van der Waals surface area contributed by atoms with Crippen molar-refractivity contribution in [2.45, 2.75) is 39.5 Å². The normalized spacial score (nSPS) is 12.3. The molecule has 1 aromatic heterocycles. The number of rotatable bonds is 6. The Morgan fingerprint density at radius 3 is 2.33 bits per heavy atom. The highest BCUT2D eigenvalue weighted by Gasteiger charge is 2.32. The minimum atomic E-state index is -4.44. The fraction of sp³-hybridized carbons (Fsp3) is 0.643. The van der Waals surface area contributed by atoms with E-state index in [1.807, 2.05) is 20.8 Å². The number of aromatic nitrogens is 1. The maximum Gasteiger partial charge on any atom is 0.416 e. The smallest absolute Gasteiger partial charge is 0.416 e. The summed E-state index contributed by atoms with van der Waals surface area (Å²) in [6, 6.07) is 1.85. The molecule has 7 heteroatoms. The van der Waals surface area contributed by atoms with Crippen LogP contribution in [-0.4, -0.2) is 30.3 Å². The number of anilines is 1. The van der Waals surface area contributed by atoms with E-state index in [9.17, 15) is 13.2 Å². The van der Waals surface area contributed by atoms with Gasteiger partial charge in [0.05, 0.1) is 17.8 Å². The van der Waals surface area contributed by atoms with Crippen molar-refractivity contribution in [2.75, 3.05) is 25.1 Å². The van der Waals surface area contributed by atoms with E-state index in [0.29, 0.717) is 6.54 Å². The van der Waals surface area contributed by atoms with Gasteiger partial charge in [-0.05, 0) is 33.8 Å². The number of halogens is 3. The monoisotopic (exact) mass is 306 g/mol. The first-order valence-corrected chi connectivity index (χ1v) is 6.72. The average Bonchev–Trinajstić information content (AvgIpc) is 2.33. The zero-order valence-corrected chi connectivity index (χ0v) is 12.7. The van der Waals surface area contributed by atoms with Gasteiger partial charge < -0.3 is 14.8 Å². The summed E-state index contributed by atoms with van der Waals surface area (Å²) in [6.07, 6.45) is -4.44. The van der Waals surface area contributed by atoms with E-state index in [-0.39, 0.29) is 30.5 Å². The van der Waals surface area contributed by atoms with E-state index in [4.69, 9.17) is 9.47 Å². The first-order chi connectivity index (χ1) is 9.62. The van der Waals surface area contributed by atoms with Crippen molar-refractivity contribution in [3.05, 3.63) is 17.7 Å². The molecule has 0 atom stereocenters. The van der Waals surface area contributed by atoms with Gasteiger partial charge in [-0.15, -0.1) is 0 Å². The van der Waals surface area contributed by atoms with Crippen LogP contribution < -0.4 is 10.1 Å². The molecule has 1 N–H and O–H groups in total. The second-order valence-corrected chi connectivity index (χ2v) is 5.42. The molecule has 0 aromatic carbocycles. The maximum atomic E-state index is 12.8. The van der Waals surface area contributed by atoms with Crippen LogP contribution in [0.3, 0.4) is 0 Å². The first kappa shape index (κ1) is 17.6. The molecule has 0 aliphatic rings. The molecule has 0 saturated heterocycles. The van der Waals surface area contributed by atoms with Crippen LogP contribution in [-0.2, 0) is 10.9 Å². The fourth-order valence-electron chi connectivity index (χ4n) is 1.51. The summed E-state index contributed by atoms with van der Waals surface area (Å²) in [7, 11) is 0. The highest BCUT2D eigenvalue weighted by atomic mass is 19.4. The Balaban J connectivity index is 2.74. The van der Waals surface area contributed by atoms with Gasteiger partial charge in [0.2, 0.25) is 5.88 Å². The Kier molecular flexibility index (Phi) is 5.83. The Labute approximate surface area is 122 Å². The fourth-order valence-corrected chi connectivity index (χ4v) is 1.51. The molecule has 1 aromatic rings. The van der Waals surface area contributed by atoms with Gasteiger partial charge >= 0.3 is 6.18 Å². The molecule has 4 nitrogen and oxygen atoms in total. The molecule has 0 radical (unpaired) electrons. The minimum absolute atomic E-state index is 0.0710. The Hall–Kier alpha value is -1.50. The zero-order chi connectivity index (χ0) is 16.1. The van der Waals surface area contributed by atoms with Gasteiger partial charge in [0.15, 0.2) is 0 Å². The van der Waals surface area contributed by atoms with Crippen molar-refractivity contribution < 1.29 is 22.6 Å². The van der Waals surface area contributed by atoms with Gasteiger partial charge in [-0.1, -0.05) is 0 Å². The molecule has 0 fully saturated rings. The van der Waals surface area contributed by atoms with Crippen molar-refractivity contribution in [3.8, 4) is 5.88 Å². The van der Waals surface area contributed by atoms with Gasteiger partial charge in [-0.25, -0.2) is 0 Å². The van der Waals surface area contributed by atoms with E-state index < -0.39 is 11.7 Å². The lowest BCUT2D eigenvalue weighted by Gasteiger charge is -2.19. The standard InChI is InChI=1S/C14H21F3N2O2/c1-5-18-11-8-10(14(15,16)17)9-12(19-11)20-6-7-21-13(2,3)4/h8-9H,5-7H2,1-4H3,(H,18,19). The third-order valence-electron chi connectivity index (χ3n) is 2.36. The van der Waals surface area contributed by atoms with Gasteiger partial charge in [-0.3, -0.25) is 0 Å². The quantitative estimate of drug-likeness (QED) is 0.813. The lowest BCUT2D eigenvalue weighted by atomic mass is 10.2. The van der Waals surface area contributed by atoms with E-state index in [0.717, 1.165) is 12.1 Å². The zero-order valence-electron chi connectivity index (χ0n) is 12.7. The molecule has 0 unspecified atom stereocenters.